The molecule has 1 aromatic heterocycles. The number of rotatable bonds is 1. The summed E-state index contributed by atoms with van der Waals surface area (Å²) < 4.78 is 4.89. The van der Waals surface area contributed by atoms with Gasteiger partial charge in [0, 0.05) is 6.20 Å². The molecule has 1 aromatic rings. The summed E-state index contributed by atoms with van der Waals surface area (Å²) in [7, 11) is 1.29. The van der Waals surface area contributed by atoms with Crippen LogP contribution < -0.4 is 5.56 Å². The molecule has 0 fully saturated rings. The van der Waals surface area contributed by atoms with Gasteiger partial charge in [-0.15, -0.1) is 0 Å². The van der Waals surface area contributed by atoms with Crippen LogP contribution in [-0.4, -0.2) is 18.1 Å². The number of halogens is 1. The van der Waals surface area contributed by atoms with Gasteiger partial charge in [-0.1, -0.05) is 0 Å². The summed E-state index contributed by atoms with van der Waals surface area (Å²) in [4.78, 5) is 24.6. The van der Waals surface area contributed by atoms with E-state index in [1.165, 1.54) is 13.3 Å². The first-order valence-corrected chi connectivity index (χ1v) is 4.33. The number of aromatic nitrogens is 1. The lowest BCUT2D eigenvalue weighted by Gasteiger charge is -2.03. The lowest BCUT2D eigenvalue weighted by Crippen LogP contribution is -2.13. The van der Waals surface area contributed by atoms with Crippen molar-refractivity contribution < 1.29 is 9.53 Å². The molecule has 0 radical (unpaired) electrons. The lowest BCUT2D eigenvalue weighted by molar-refractivity contribution is 0.0599. The summed E-state index contributed by atoms with van der Waals surface area (Å²) in [6.45, 7) is 1.67. The second kappa shape index (κ2) is 3.74. The summed E-state index contributed by atoms with van der Waals surface area (Å²) in [5.74, 6) is -0.463. The van der Waals surface area contributed by atoms with Gasteiger partial charge < -0.3 is 9.72 Å². The van der Waals surface area contributed by atoms with Crippen molar-refractivity contribution >= 4 is 21.9 Å². The Kier molecular flexibility index (Phi) is 2.87. The van der Waals surface area contributed by atoms with Gasteiger partial charge in [0.1, 0.15) is 0 Å². The Labute approximate surface area is 83.1 Å². The predicted octanol–water partition coefficient (Wildman–Crippen LogP) is 1.23. The van der Waals surface area contributed by atoms with E-state index in [0.717, 1.165) is 0 Å². The standard InChI is InChI=1S/C8H8BrNO3/c1-4-5(8(12)13-2)3-10-7(11)6(4)9/h3H,1-2H3,(H,10,11). The van der Waals surface area contributed by atoms with Crippen LogP contribution in [0.1, 0.15) is 15.9 Å². The molecule has 0 unspecified atom stereocenters. The summed E-state index contributed by atoms with van der Waals surface area (Å²) in [6.07, 6.45) is 1.34. The zero-order valence-electron chi connectivity index (χ0n) is 7.18. The van der Waals surface area contributed by atoms with Gasteiger partial charge in [0.2, 0.25) is 0 Å². The molecular weight excluding hydrogens is 238 g/mol. The third-order valence-electron chi connectivity index (χ3n) is 1.69. The zero-order valence-corrected chi connectivity index (χ0v) is 8.77. The van der Waals surface area contributed by atoms with Crippen LogP contribution in [0.4, 0.5) is 0 Å². The quantitative estimate of drug-likeness (QED) is 0.758. The van der Waals surface area contributed by atoms with Gasteiger partial charge in [0.25, 0.3) is 5.56 Å². The average molecular weight is 246 g/mol. The van der Waals surface area contributed by atoms with Crippen LogP contribution in [0, 0.1) is 6.92 Å². The van der Waals surface area contributed by atoms with Crippen LogP contribution in [0.5, 0.6) is 0 Å². The highest BCUT2D eigenvalue weighted by atomic mass is 79.9. The number of carbonyl (C=O) groups is 1. The van der Waals surface area contributed by atoms with Crippen molar-refractivity contribution in [1.82, 2.24) is 4.98 Å². The fourth-order valence-electron chi connectivity index (χ4n) is 0.920. The molecule has 0 atom stereocenters. The maximum Gasteiger partial charge on any atom is 0.339 e. The number of carbonyl (C=O) groups excluding carboxylic acids is 1. The minimum atomic E-state index is -0.463. The third-order valence-corrected chi connectivity index (χ3v) is 2.64. The van der Waals surface area contributed by atoms with Gasteiger partial charge >= 0.3 is 5.97 Å². The Bertz CT molecular complexity index is 397. The number of hydrogen-bond donors (Lipinski definition) is 1. The molecule has 0 aliphatic heterocycles. The van der Waals surface area contributed by atoms with Gasteiger partial charge in [-0.25, -0.2) is 4.79 Å². The Hall–Kier alpha value is -1.10. The van der Waals surface area contributed by atoms with Crippen LogP contribution in [0.3, 0.4) is 0 Å². The molecule has 13 heavy (non-hydrogen) atoms. The van der Waals surface area contributed by atoms with E-state index < -0.39 is 5.97 Å². The van der Waals surface area contributed by atoms with Crippen molar-refractivity contribution in [2.75, 3.05) is 7.11 Å². The molecular formula is C8H8BrNO3. The van der Waals surface area contributed by atoms with Gasteiger partial charge in [-0.2, -0.15) is 0 Å². The molecule has 0 bridgehead atoms. The molecule has 0 aliphatic rings. The maximum atomic E-state index is 11.1. The molecule has 5 heteroatoms. The minimum absolute atomic E-state index is 0.259. The van der Waals surface area contributed by atoms with Gasteiger partial charge in [0.15, 0.2) is 0 Å². The van der Waals surface area contributed by atoms with Crippen molar-refractivity contribution in [3.63, 3.8) is 0 Å². The highest BCUT2D eigenvalue weighted by Crippen LogP contribution is 2.14. The Morgan fingerprint density at radius 1 is 1.62 bits per heavy atom. The second-order valence-corrected chi connectivity index (χ2v) is 3.26. The third kappa shape index (κ3) is 1.80. The fourth-order valence-corrected chi connectivity index (χ4v) is 1.25. The van der Waals surface area contributed by atoms with Crippen molar-refractivity contribution in [3.05, 3.63) is 32.2 Å². The van der Waals surface area contributed by atoms with E-state index in [0.29, 0.717) is 15.6 Å². The topological polar surface area (TPSA) is 59.2 Å². The number of pyridine rings is 1. The van der Waals surface area contributed by atoms with E-state index in [2.05, 4.69) is 25.7 Å². The molecule has 0 aliphatic carbocycles. The lowest BCUT2D eigenvalue weighted by atomic mass is 10.2. The van der Waals surface area contributed by atoms with Crippen LogP contribution in [0.25, 0.3) is 0 Å². The summed E-state index contributed by atoms with van der Waals surface area (Å²) in [5.41, 5.74) is 0.676. The largest absolute Gasteiger partial charge is 0.465 e. The first-order valence-electron chi connectivity index (χ1n) is 3.54. The highest BCUT2D eigenvalue weighted by Gasteiger charge is 2.12. The molecule has 70 valence electrons. The van der Waals surface area contributed by atoms with Crippen LogP contribution in [0.2, 0.25) is 0 Å². The number of aromatic amines is 1. The van der Waals surface area contributed by atoms with E-state index >= 15 is 0 Å². The Balaban J connectivity index is 3.34. The molecule has 0 amide bonds. The molecule has 0 saturated heterocycles. The molecule has 1 N–H and O–H groups in total. The van der Waals surface area contributed by atoms with Crippen LogP contribution in [0.15, 0.2) is 15.5 Å². The number of H-pyrrole nitrogens is 1. The van der Waals surface area contributed by atoms with Crippen LogP contribution in [-0.2, 0) is 4.74 Å². The SMILES string of the molecule is COC(=O)c1c[nH]c(=O)c(Br)c1C. The van der Waals surface area contributed by atoms with Crippen molar-refractivity contribution in [3.8, 4) is 0 Å². The zero-order chi connectivity index (χ0) is 10.0. The van der Waals surface area contributed by atoms with Crippen molar-refractivity contribution in [2.24, 2.45) is 0 Å². The van der Waals surface area contributed by atoms with Crippen molar-refractivity contribution in [1.29, 1.82) is 0 Å². The van der Waals surface area contributed by atoms with Crippen molar-refractivity contribution in [2.45, 2.75) is 6.92 Å². The average Bonchev–Trinajstić information content (AvgIpc) is 2.13. The smallest absolute Gasteiger partial charge is 0.339 e. The number of hydrogen-bond acceptors (Lipinski definition) is 3. The molecule has 0 spiro atoms. The van der Waals surface area contributed by atoms with Crippen LogP contribution >= 0.6 is 15.9 Å². The number of esters is 1. The Morgan fingerprint density at radius 2 is 2.23 bits per heavy atom. The maximum absolute atomic E-state index is 11.1. The summed E-state index contributed by atoms with van der Waals surface area (Å²) in [5, 5.41) is 0. The van der Waals surface area contributed by atoms with Gasteiger partial charge in [-0.3, -0.25) is 4.79 Å². The molecule has 1 heterocycles. The molecule has 0 saturated carbocycles. The van der Waals surface area contributed by atoms with E-state index in [1.54, 1.807) is 6.92 Å². The normalized spacial score (nSPS) is 9.77. The van der Waals surface area contributed by atoms with E-state index in [4.69, 9.17) is 0 Å². The fraction of sp³-hybridized carbons (Fsp3) is 0.250. The summed E-state index contributed by atoms with van der Waals surface area (Å²) >= 11 is 3.08. The van der Waals surface area contributed by atoms with E-state index in [1.807, 2.05) is 0 Å². The predicted molar refractivity (Wildman–Crippen MR) is 50.8 cm³/mol. The monoisotopic (exact) mass is 245 g/mol. The number of nitrogens with one attached hydrogen (secondary N) is 1. The van der Waals surface area contributed by atoms with E-state index in [9.17, 15) is 9.59 Å². The molecule has 1 rings (SSSR count). The van der Waals surface area contributed by atoms with E-state index in [-0.39, 0.29) is 5.56 Å². The Morgan fingerprint density at radius 3 is 2.77 bits per heavy atom. The van der Waals surface area contributed by atoms with Gasteiger partial charge in [-0.05, 0) is 28.4 Å². The first kappa shape index (κ1) is 9.98. The second-order valence-electron chi connectivity index (χ2n) is 2.46. The van der Waals surface area contributed by atoms with Gasteiger partial charge in [0.05, 0.1) is 17.1 Å². The minimum Gasteiger partial charge on any atom is -0.465 e. The molecule has 4 nitrogen and oxygen atoms in total. The first-order chi connectivity index (χ1) is 6.07. The molecule has 0 aromatic carbocycles. The number of ether oxygens (including phenoxy) is 1. The summed E-state index contributed by atoms with van der Waals surface area (Å²) in [6, 6.07) is 0. The number of methoxy groups -OCH3 is 1. The highest BCUT2D eigenvalue weighted by molar-refractivity contribution is 9.10.